The van der Waals surface area contributed by atoms with Crippen LogP contribution in [0.25, 0.3) is 0 Å². The van der Waals surface area contributed by atoms with Crippen LogP contribution >= 0.6 is 15.9 Å². The van der Waals surface area contributed by atoms with E-state index < -0.39 is 11.7 Å². The maximum absolute atomic E-state index is 12.4. The van der Waals surface area contributed by atoms with Crippen molar-refractivity contribution in [2.75, 3.05) is 13.2 Å². The third-order valence-electron chi connectivity index (χ3n) is 2.93. The number of nitrogens with one attached hydrogen (secondary N) is 2. The zero-order chi connectivity index (χ0) is 17.0. The van der Waals surface area contributed by atoms with E-state index in [1.165, 1.54) is 12.1 Å². The summed E-state index contributed by atoms with van der Waals surface area (Å²) in [6.07, 6.45) is -4.37. The number of hydrogen-bond acceptors (Lipinski definition) is 3. The Morgan fingerprint density at radius 2 is 2.00 bits per heavy atom. The van der Waals surface area contributed by atoms with E-state index >= 15 is 0 Å². The van der Waals surface area contributed by atoms with E-state index in [4.69, 9.17) is 4.74 Å². The molecular weight excluding hydrogens is 379 g/mol. The van der Waals surface area contributed by atoms with Crippen LogP contribution in [0.4, 0.5) is 13.2 Å². The number of nitrogens with zero attached hydrogens (tertiary/aromatic N) is 1. The Morgan fingerprint density at radius 1 is 1.35 bits per heavy atom. The molecule has 0 unspecified atom stereocenters. The third kappa shape index (κ3) is 4.47. The lowest BCUT2D eigenvalue weighted by molar-refractivity contribution is -0.137. The minimum absolute atomic E-state index is 0.123. The van der Waals surface area contributed by atoms with Crippen LogP contribution in [-0.4, -0.2) is 29.3 Å². The highest BCUT2D eigenvalue weighted by atomic mass is 79.9. The molecule has 124 valence electrons. The molecule has 2 rings (SSSR count). The van der Waals surface area contributed by atoms with Crippen molar-refractivity contribution >= 4 is 21.8 Å². The topological polar surface area (TPSA) is 67.0 Å². The molecular formula is C14H13BrF3N3O2. The quantitative estimate of drug-likeness (QED) is 0.768. The van der Waals surface area contributed by atoms with Gasteiger partial charge in [0.05, 0.1) is 16.6 Å². The average molecular weight is 392 g/mol. The Kier molecular flexibility index (Phi) is 5.30. The first-order chi connectivity index (χ1) is 10.8. The molecule has 1 aromatic carbocycles. The van der Waals surface area contributed by atoms with Gasteiger partial charge in [0.2, 0.25) is 0 Å². The molecule has 0 spiro atoms. The van der Waals surface area contributed by atoms with Gasteiger partial charge in [-0.05, 0) is 47.1 Å². The SMILES string of the molecule is Cc1[nH]nc(C(=O)NCCOc2ccc(C(F)(F)F)cc2)c1Br. The first-order valence-corrected chi connectivity index (χ1v) is 7.37. The van der Waals surface area contributed by atoms with Crippen molar-refractivity contribution in [2.24, 2.45) is 0 Å². The highest BCUT2D eigenvalue weighted by molar-refractivity contribution is 9.10. The molecule has 0 saturated heterocycles. The van der Waals surface area contributed by atoms with Gasteiger partial charge in [-0.25, -0.2) is 0 Å². The minimum atomic E-state index is -4.37. The van der Waals surface area contributed by atoms with E-state index in [2.05, 4.69) is 31.4 Å². The predicted molar refractivity (Wildman–Crippen MR) is 80.3 cm³/mol. The van der Waals surface area contributed by atoms with Crippen molar-refractivity contribution in [3.05, 3.63) is 45.7 Å². The molecule has 0 aliphatic rings. The van der Waals surface area contributed by atoms with Crippen LogP contribution in [0.15, 0.2) is 28.7 Å². The highest BCUT2D eigenvalue weighted by Gasteiger charge is 2.30. The second kappa shape index (κ2) is 7.03. The Bertz CT molecular complexity index is 684. The lowest BCUT2D eigenvalue weighted by atomic mass is 10.2. The molecule has 0 fully saturated rings. The molecule has 5 nitrogen and oxygen atoms in total. The Labute approximate surface area is 138 Å². The van der Waals surface area contributed by atoms with Gasteiger partial charge < -0.3 is 10.1 Å². The number of ether oxygens (including phenoxy) is 1. The normalized spacial score (nSPS) is 11.3. The zero-order valence-corrected chi connectivity index (χ0v) is 13.6. The van der Waals surface area contributed by atoms with Crippen molar-refractivity contribution in [3.63, 3.8) is 0 Å². The standard InChI is InChI=1S/C14H13BrF3N3O2/c1-8-11(15)12(21-20-8)13(22)19-6-7-23-10-4-2-9(3-5-10)14(16,17)18/h2-5H,6-7H2,1H3,(H,19,22)(H,20,21). The van der Waals surface area contributed by atoms with Crippen LogP contribution in [0.2, 0.25) is 0 Å². The van der Waals surface area contributed by atoms with Crippen molar-refractivity contribution in [1.29, 1.82) is 0 Å². The van der Waals surface area contributed by atoms with Gasteiger partial charge in [-0.1, -0.05) is 0 Å². The van der Waals surface area contributed by atoms with Crippen LogP contribution in [0.5, 0.6) is 5.75 Å². The fourth-order valence-electron chi connectivity index (χ4n) is 1.72. The van der Waals surface area contributed by atoms with Gasteiger partial charge in [0.25, 0.3) is 5.91 Å². The lowest BCUT2D eigenvalue weighted by Crippen LogP contribution is -2.28. The first-order valence-electron chi connectivity index (χ1n) is 6.57. The second-order valence-electron chi connectivity index (χ2n) is 4.64. The Hall–Kier alpha value is -2.03. The van der Waals surface area contributed by atoms with E-state index in [-0.39, 0.29) is 24.8 Å². The van der Waals surface area contributed by atoms with Crippen molar-refractivity contribution in [3.8, 4) is 5.75 Å². The fraction of sp³-hybridized carbons (Fsp3) is 0.286. The molecule has 0 aliphatic heterocycles. The number of amides is 1. The van der Waals surface area contributed by atoms with Crippen LogP contribution in [0.3, 0.4) is 0 Å². The summed E-state index contributed by atoms with van der Waals surface area (Å²) in [6.45, 7) is 2.08. The number of H-pyrrole nitrogens is 1. The Balaban J connectivity index is 1.79. The summed E-state index contributed by atoms with van der Waals surface area (Å²) in [5.74, 6) is -0.0821. The number of halogens is 4. The number of hydrogen-bond donors (Lipinski definition) is 2. The molecule has 0 atom stereocenters. The summed E-state index contributed by atoms with van der Waals surface area (Å²) in [4.78, 5) is 11.8. The summed E-state index contributed by atoms with van der Waals surface area (Å²) in [5.41, 5.74) is 0.227. The van der Waals surface area contributed by atoms with Gasteiger partial charge in [-0.2, -0.15) is 18.3 Å². The number of aryl methyl sites for hydroxylation is 1. The Morgan fingerprint density at radius 3 is 2.52 bits per heavy atom. The largest absolute Gasteiger partial charge is 0.492 e. The van der Waals surface area contributed by atoms with Gasteiger partial charge in [0.15, 0.2) is 5.69 Å². The van der Waals surface area contributed by atoms with E-state index in [0.717, 1.165) is 17.8 Å². The summed E-state index contributed by atoms with van der Waals surface area (Å²) < 4.78 is 43.1. The van der Waals surface area contributed by atoms with E-state index in [0.29, 0.717) is 10.2 Å². The number of carbonyl (C=O) groups is 1. The molecule has 0 aliphatic carbocycles. The smallest absolute Gasteiger partial charge is 0.416 e. The maximum atomic E-state index is 12.4. The number of carbonyl (C=O) groups excluding carboxylic acids is 1. The lowest BCUT2D eigenvalue weighted by Gasteiger charge is -2.09. The van der Waals surface area contributed by atoms with Gasteiger partial charge in [0, 0.05) is 5.69 Å². The average Bonchev–Trinajstić information content (AvgIpc) is 2.83. The maximum Gasteiger partial charge on any atom is 0.416 e. The van der Waals surface area contributed by atoms with E-state index in [1.807, 2.05) is 0 Å². The van der Waals surface area contributed by atoms with E-state index in [1.54, 1.807) is 6.92 Å². The van der Waals surface area contributed by atoms with Crippen molar-refractivity contribution in [1.82, 2.24) is 15.5 Å². The monoisotopic (exact) mass is 391 g/mol. The molecule has 1 amide bonds. The van der Waals surface area contributed by atoms with E-state index in [9.17, 15) is 18.0 Å². The molecule has 0 bridgehead atoms. The number of aromatic nitrogens is 2. The predicted octanol–water partition coefficient (Wildman–Crippen LogP) is 3.31. The van der Waals surface area contributed by atoms with Gasteiger partial charge >= 0.3 is 6.18 Å². The van der Waals surface area contributed by atoms with Gasteiger partial charge in [0.1, 0.15) is 12.4 Å². The summed E-state index contributed by atoms with van der Waals surface area (Å²) >= 11 is 3.24. The second-order valence-corrected chi connectivity index (χ2v) is 5.43. The number of alkyl halides is 3. The summed E-state index contributed by atoms with van der Waals surface area (Å²) in [5, 5.41) is 9.13. The molecule has 1 aromatic heterocycles. The summed E-state index contributed by atoms with van der Waals surface area (Å²) in [7, 11) is 0. The van der Waals surface area contributed by atoms with Crippen LogP contribution < -0.4 is 10.1 Å². The van der Waals surface area contributed by atoms with Crippen molar-refractivity contribution < 1.29 is 22.7 Å². The van der Waals surface area contributed by atoms with Crippen LogP contribution in [-0.2, 0) is 6.18 Å². The molecule has 1 heterocycles. The minimum Gasteiger partial charge on any atom is -0.492 e. The third-order valence-corrected chi connectivity index (χ3v) is 3.90. The van der Waals surface area contributed by atoms with Gasteiger partial charge in [-0.15, -0.1) is 0 Å². The molecule has 0 radical (unpaired) electrons. The highest BCUT2D eigenvalue weighted by Crippen LogP contribution is 2.30. The molecule has 2 N–H and O–H groups in total. The first kappa shape index (κ1) is 17.3. The molecule has 2 aromatic rings. The molecule has 9 heteroatoms. The van der Waals surface area contributed by atoms with Crippen LogP contribution in [0, 0.1) is 6.92 Å². The summed E-state index contributed by atoms with van der Waals surface area (Å²) in [6, 6.07) is 4.35. The molecule has 0 saturated carbocycles. The number of rotatable bonds is 5. The number of aromatic amines is 1. The molecule has 23 heavy (non-hydrogen) atoms. The zero-order valence-electron chi connectivity index (χ0n) is 12.0. The van der Waals surface area contributed by atoms with Gasteiger partial charge in [-0.3, -0.25) is 9.89 Å². The number of benzene rings is 1. The van der Waals surface area contributed by atoms with Crippen molar-refractivity contribution in [2.45, 2.75) is 13.1 Å². The fourth-order valence-corrected chi connectivity index (χ4v) is 2.08. The van der Waals surface area contributed by atoms with Crippen LogP contribution in [0.1, 0.15) is 21.7 Å².